The number of benzene rings is 3. The first kappa shape index (κ1) is 22.4. The van der Waals surface area contributed by atoms with Crippen molar-refractivity contribution in [1.82, 2.24) is 4.90 Å². The van der Waals surface area contributed by atoms with Crippen molar-refractivity contribution in [2.75, 3.05) is 0 Å². The van der Waals surface area contributed by atoms with Crippen molar-refractivity contribution >= 4 is 38.9 Å². The maximum absolute atomic E-state index is 13.6. The number of rotatable bonds is 5. The van der Waals surface area contributed by atoms with Gasteiger partial charge in [0.2, 0.25) is 9.84 Å². The van der Waals surface area contributed by atoms with E-state index in [9.17, 15) is 18.3 Å². The van der Waals surface area contributed by atoms with Gasteiger partial charge in [-0.15, -0.1) is 0 Å². The van der Waals surface area contributed by atoms with E-state index < -0.39 is 27.5 Å². The molecular formula is C24H19Cl2NO4S. The molecule has 1 N–H and O–H groups in total. The maximum Gasteiger partial charge on any atom is 0.290 e. The summed E-state index contributed by atoms with van der Waals surface area (Å²) in [6, 6.07) is 18.7. The lowest BCUT2D eigenvalue weighted by Gasteiger charge is -2.27. The van der Waals surface area contributed by atoms with Crippen molar-refractivity contribution in [2.24, 2.45) is 0 Å². The monoisotopic (exact) mass is 487 g/mol. The molecule has 1 amide bonds. The number of hydrogen-bond donors (Lipinski definition) is 1. The number of carbonyl (C=O) groups is 1. The molecule has 0 fully saturated rings. The molecule has 8 heteroatoms. The summed E-state index contributed by atoms with van der Waals surface area (Å²) >= 11 is 12.0. The van der Waals surface area contributed by atoms with E-state index in [1.807, 2.05) is 6.92 Å². The average molecular weight is 488 g/mol. The van der Waals surface area contributed by atoms with Gasteiger partial charge in [0.15, 0.2) is 5.76 Å². The smallest absolute Gasteiger partial charge is 0.290 e. The van der Waals surface area contributed by atoms with E-state index in [2.05, 4.69) is 0 Å². The van der Waals surface area contributed by atoms with Crippen LogP contribution < -0.4 is 0 Å². The van der Waals surface area contributed by atoms with Gasteiger partial charge in [-0.1, -0.05) is 65.2 Å². The predicted octanol–water partition coefficient (Wildman–Crippen LogP) is 5.63. The van der Waals surface area contributed by atoms with Crippen LogP contribution in [0, 0.1) is 6.92 Å². The number of aliphatic hydroxyl groups is 1. The summed E-state index contributed by atoms with van der Waals surface area (Å²) < 4.78 is 27.1. The molecule has 0 saturated heterocycles. The van der Waals surface area contributed by atoms with Gasteiger partial charge >= 0.3 is 0 Å². The first-order valence-electron chi connectivity index (χ1n) is 9.74. The Morgan fingerprint density at radius 3 is 1.97 bits per heavy atom. The Hall–Kier alpha value is -2.80. The van der Waals surface area contributed by atoms with Gasteiger partial charge in [-0.3, -0.25) is 4.79 Å². The second-order valence-corrected chi connectivity index (χ2v) is 10.3. The molecular weight excluding hydrogens is 469 g/mol. The lowest BCUT2D eigenvalue weighted by atomic mass is 10.1. The summed E-state index contributed by atoms with van der Waals surface area (Å²) in [6.45, 7) is 1.93. The summed E-state index contributed by atoms with van der Waals surface area (Å²) in [5.74, 6) is -1.54. The largest absolute Gasteiger partial charge is 0.502 e. The van der Waals surface area contributed by atoms with Crippen LogP contribution in [0.3, 0.4) is 0 Å². The molecule has 32 heavy (non-hydrogen) atoms. The molecule has 164 valence electrons. The Bertz CT molecular complexity index is 1300. The minimum Gasteiger partial charge on any atom is -0.502 e. The van der Waals surface area contributed by atoms with Crippen molar-refractivity contribution in [3.63, 3.8) is 0 Å². The molecule has 0 aromatic heterocycles. The lowest BCUT2D eigenvalue weighted by Crippen LogP contribution is -2.30. The van der Waals surface area contributed by atoms with Gasteiger partial charge in [-0.05, 0) is 54.4 Å². The van der Waals surface area contributed by atoms with Crippen molar-refractivity contribution in [2.45, 2.75) is 24.4 Å². The zero-order valence-electron chi connectivity index (χ0n) is 17.0. The number of carbonyl (C=O) groups excluding carboxylic acids is 1. The standard InChI is InChI=1S/C24H19Cl2NO4S/c1-15-2-12-20(13-3-15)32(30,31)23-21(17-6-10-19(26)11-7-17)27(24(29)22(23)28)14-16-4-8-18(25)9-5-16/h2-13,21,28H,14H2,1H3/t21-/m0/s1. The van der Waals surface area contributed by atoms with E-state index in [-0.39, 0.29) is 16.3 Å². The van der Waals surface area contributed by atoms with E-state index in [1.165, 1.54) is 17.0 Å². The van der Waals surface area contributed by atoms with Crippen LogP contribution in [-0.2, 0) is 21.2 Å². The molecule has 0 unspecified atom stereocenters. The van der Waals surface area contributed by atoms with Gasteiger partial charge in [-0.25, -0.2) is 8.42 Å². The molecule has 5 nitrogen and oxygen atoms in total. The van der Waals surface area contributed by atoms with Crippen molar-refractivity contribution < 1.29 is 18.3 Å². The van der Waals surface area contributed by atoms with E-state index in [0.717, 1.165) is 11.1 Å². The van der Waals surface area contributed by atoms with Gasteiger partial charge in [0.05, 0.1) is 10.9 Å². The highest BCUT2D eigenvalue weighted by atomic mass is 35.5. The Morgan fingerprint density at radius 2 is 1.41 bits per heavy atom. The normalized spacial score (nSPS) is 16.7. The highest BCUT2D eigenvalue weighted by molar-refractivity contribution is 7.95. The van der Waals surface area contributed by atoms with Crippen molar-refractivity contribution in [3.05, 3.63) is 110 Å². The van der Waals surface area contributed by atoms with Gasteiger partial charge in [0.25, 0.3) is 5.91 Å². The van der Waals surface area contributed by atoms with Crippen LogP contribution in [0.1, 0.15) is 22.7 Å². The third-order valence-electron chi connectivity index (χ3n) is 5.33. The predicted molar refractivity (Wildman–Crippen MR) is 124 cm³/mol. The molecule has 1 aliphatic heterocycles. The van der Waals surface area contributed by atoms with Crippen LogP contribution in [0.25, 0.3) is 0 Å². The highest BCUT2D eigenvalue weighted by Gasteiger charge is 2.46. The van der Waals surface area contributed by atoms with Crippen LogP contribution in [0.5, 0.6) is 0 Å². The van der Waals surface area contributed by atoms with Crippen LogP contribution in [-0.4, -0.2) is 24.3 Å². The first-order valence-corrected chi connectivity index (χ1v) is 12.0. The fourth-order valence-electron chi connectivity index (χ4n) is 3.67. The number of halogens is 2. The molecule has 0 bridgehead atoms. The number of nitrogens with zero attached hydrogens (tertiary/aromatic N) is 1. The van der Waals surface area contributed by atoms with E-state index in [0.29, 0.717) is 15.6 Å². The minimum atomic E-state index is -4.16. The van der Waals surface area contributed by atoms with E-state index >= 15 is 0 Å². The molecule has 3 aromatic carbocycles. The quantitative estimate of drug-likeness (QED) is 0.505. The topological polar surface area (TPSA) is 74.7 Å². The van der Waals surface area contributed by atoms with Crippen molar-refractivity contribution in [3.8, 4) is 0 Å². The molecule has 3 aromatic rings. The summed E-state index contributed by atoms with van der Waals surface area (Å²) in [4.78, 5) is 14.1. The second kappa shape index (κ2) is 8.62. The first-order chi connectivity index (χ1) is 15.2. The Labute approximate surface area is 196 Å². The van der Waals surface area contributed by atoms with Crippen LogP contribution in [0.15, 0.2) is 88.4 Å². The fraction of sp³-hybridized carbons (Fsp3) is 0.125. The summed E-state index contributed by atoms with van der Waals surface area (Å²) in [7, 11) is -4.16. The van der Waals surface area contributed by atoms with Gasteiger partial charge in [0.1, 0.15) is 4.91 Å². The van der Waals surface area contributed by atoms with Crippen LogP contribution >= 0.6 is 23.2 Å². The third kappa shape index (κ3) is 4.13. The summed E-state index contributed by atoms with van der Waals surface area (Å²) in [6.07, 6.45) is 0. The lowest BCUT2D eigenvalue weighted by molar-refractivity contribution is -0.130. The molecule has 0 radical (unpaired) electrons. The zero-order valence-corrected chi connectivity index (χ0v) is 19.3. The van der Waals surface area contributed by atoms with Crippen LogP contribution in [0.2, 0.25) is 10.0 Å². The molecule has 1 heterocycles. The Balaban J connectivity index is 1.84. The van der Waals surface area contributed by atoms with Crippen molar-refractivity contribution in [1.29, 1.82) is 0 Å². The second-order valence-electron chi connectivity index (χ2n) is 7.54. The highest BCUT2D eigenvalue weighted by Crippen LogP contribution is 2.43. The molecule has 4 rings (SSSR count). The zero-order chi connectivity index (χ0) is 23.0. The molecule has 0 saturated carbocycles. The Morgan fingerprint density at radius 1 is 0.875 bits per heavy atom. The SMILES string of the molecule is Cc1ccc(S(=O)(=O)C2=C(O)C(=O)N(Cc3ccc(Cl)cc3)[C@H]2c2ccc(Cl)cc2)cc1. The number of aryl methyl sites for hydroxylation is 1. The average Bonchev–Trinajstić information content (AvgIpc) is 3.01. The van der Waals surface area contributed by atoms with Gasteiger partial charge in [-0.2, -0.15) is 0 Å². The minimum absolute atomic E-state index is 0.00440. The number of amides is 1. The van der Waals surface area contributed by atoms with Gasteiger partial charge < -0.3 is 10.0 Å². The summed E-state index contributed by atoms with van der Waals surface area (Å²) in [5, 5.41) is 11.8. The number of sulfone groups is 1. The fourth-order valence-corrected chi connectivity index (χ4v) is 5.57. The Kier molecular flexibility index (Phi) is 6.03. The maximum atomic E-state index is 13.6. The molecule has 0 aliphatic carbocycles. The van der Waals surface area contributed by atoms with Gasteiger partial charge in [0, 0.05) is 16.6 Å². The molecule has 0 spiro atoms. The molecule has 1 atom stereocenters. The number of aliphatic hydroxyl groups excluding tert-OH is 1. The van der Waals surface area contributed by atoms with Crippen LogP contribution in [0.4, 0.5) is 0 Å². The number of hydrogen-bond acceptors (Lipinski definition) is 4. The summed E-state index contributed by atoms with van der Waals surface area (Å²) in [5.41, 5.74) is 2.15. The third-order valence-corrected chi connectivity index (χ3v) is 7.72. The molecule has 1 aliphatic rings. The van der Waals surface area contributed by atoms with E-state index in [1.54, 1.807) is 60.7 Å². The van der Waals surface area contributed by atoms with E-state index in [4.69, 9.17) is 23.2 Å².